The highest BCUT2D eigenvalue weighted by Gasteiger charge is 2.06. The van der Waals surface area contributed by atoms with Crippen LogP contribution < -0.4 is 10.1 Å². The number of aromatic nitrogens is 2. The fourth-order valence-corrected chi connectivity index (χ4v) is 1.65. The fourth-order valence-electron chi connectivity index (χ4n) is 1.65. The highest BCUT2D eigenvalue weighted by atomic mass is 16.5. The monoisotopic (exact) mass is 205 g/mol. The van der Waals surface area contributed by atoms with Crippen molar-refractivity contribution in [2.24, 2.45) is 0 Å². The van der Waals surface area contributed by atoms with Crippen molar-refractivity contribution in [3.8, 4) is 5.88 Å². The molecule has 0 aliphatic heterocycles. The summed E-state index contributed by atoms with van der Waals surface area (Å²) in [4.78, 5) is 4.38. The topological polar surface area (TPSA) is 38.6 Å². The molecule has 0 atom stereocenters. The van der Waals surface area contributed by atoms with Gasteiger partial charge in [-0.2, -0.15) is 0 Å². The molecule has 0 bridgehead atoms. The summed E-state index contributed by atoms with van der Waals surface area (Å²) in [6, 6.07) is 5.94. The number of fused-ring (bicyclic) bond motifs is 1. The van der Waals surface area contributed by atoms with Crippen LogP contribution >= 0.6 is 0 Å². The van der Waals surface area contributed by atoms with E-state index < -0.39 is 0 Å². The molecule has 0 saturated heterocycles. The van der Waals surface area contributed by atoms with Crippen molar-refractivity contribution in [2.75, 3.05) is 20.7 Å². The van der Waals surface area contributed by atoms with Crippen LogP contribution in [-0.4, -0.2) is 30.1 Å². The molecule has 2 rings (SSSR count). The second kappa shape index (κ2) is 4.31. The molecule has 0 aliphatic rings. The summed E-state index contributed by atoms with van der Waals surface area (Å²) in [6.45, 7) is 0.914. The van der Waals surface area contributed by atoms with Gasteiger partial charge in [-0.15, -0.1) is 0 Å². The molecular formula is C11H15N3O. The molecule has 0 aromatic carbocycles. The number of imidazole rings is 1. The van der Waals surface area contributed by atoms with E-state index in [9.17, 15) is 0 Å². The van der Waals surface area contributed by atoms with Crippen LogP contribution in [0.2, 0.25) is 0 Å². The van der Waals surface area contributed by atoms with Crippen molar-refractivity contribution in [1.29, 1.82) is 0 Å². The zero-order valence-electron chi connectivity index (χ0n) is 9.03. The first-order valence-corrected chi connectivity index (χ1v) is 5.00. The molecule has 4 nitrogen and oxygen atoms in total. The Balaban J connectivity index is 2.46. The van der Waals surface area contributed by atoms with Crippen LogP contribution in [0.25, 0.3) is 5.52 Å². The third-order valence-corrected chi connectivity index (χ3v) is 2.40. The van der Waals surface area contributed by atoms with E-state index in [1.807, 2.05) is 35.8 Å². The molecule has 0 unspecified atom stereocenters. The first kappa shape index (κ1) is 9.98. The van der Waals surface area contributed by atoms with E-state index in [2.05, 4.69) is 10.3 Å². The van der Waals surface area contributed by atoms with Crippen molar-refractivity contribution in [2.45, 2.75) is 6.42 Å². The lowest BCUT2D eigenvalue weighted by Crippen LogP contribution is -2.12. The number of nitrogens with zero attached hydrogens (tertiary/aromatic N) is 2. The predicted molar refractivity (Wildman–Crippen MR) is 59.4 cm³/mol. The fraction of sp³-hybridized carbons (Fsp3) is 0.364. The zero-order chi connectivity index (χ0) is 10.7. The summed E-state index contributed by atoms with van der Waals surface area (Å²) in [5.41, 5.74) is 1.07. The molecule has 15 heavy (non-hydrogen) atoms. The van der Waals surface area contributed by atoms with Crippen molar-refractivity contribution >= 4 is 5.52 Å². The molecule has 1 N–H and O–H groups in total. The van der Waals surface area contributed by atoms with E-state index in [1.54, 1.807) is 7.11 Å². The summed E-state index contributed by atoms with van der Waals surface area (Å²) in [5.74, 6) is 1.85. The largest absolute Gasteiger partial charge is 0.482 e. The van der Waals surface area contributed by atoms with E-state index in [0.717, 1.165) is 30.2 Å². The van der Waals surface area contributed by atoms with Gasteiger partial charge in [0.15, 0.2) is 5.88 Å². The van der Waals surface area contributed by atoms with Crippen LogP contribution in [0.3, 0.4) is 0 Å². The molecule has 0 aliphatic carbocycles. The summed E-state index contributed by atoms with van der Waals surface area (Å²) in [7, 11) is 3.61. The van der Waals surface area contributed by atoms with Gasteiger partial charge in [0.25, 0.3) is 0 Å². The van der Waals surface area contributed by atoms with Gasteiger partial charge in [-0.05, 0) is 19.2 Å². The van der Waals surface area contributed by atoms with Gasteiger partial charge in [-0.3, -0.25) is 4.40 Å². The minimum atomic E-state index is 0.830. The molecule has 0 saturated carbocycles. The van der Waals surface area contributed by atoms with E-state index in [4.69, 9.17) is 4.74 Å². The number of likely N-dealkylation sites (N-methyl/N-ethyl adjacent to an activating group) is 1. The Morgan fingerprint density at radius 2 is 2.33 bits per heavy atom. The van der Waals surface area contributed by atoms with Crippen molar-refractivity contribution in [3.63, 3.8) is 0 Å². The third-order valence-electron chi connectivity index (χ3n) is 2.40. The Bertz CT molecular complexity index is 450. The van der Waals surface area contributed by atoms with Crippen LogP contribution in [0, 0.1) is 0 Å². The molecule has 0 amide bonds. The highest BCUT2D eigenvalue weighted by molar-refractivity contribution is 5.49. The van der Waals surface area contributed by atoms with Crippen molar-refractivity contribution in [3.05, 3.63) is 30.2 Å². The van der Waals surface area contributed by atoms with Gasteiger partial charge in [0, 0.05) is 13.0 Å². The average Bonchev–Trinajstić information content (AvgIpc) is 2.69. The first-order valence-electron chi connectivity index (χ1n) is 5.00. The molecule has 0 spiro atoms. The Labute approximate surface area is 88.9 Å². The van der Waals surface area contributed by atoms with Gasteiger partial charge in [-0.1, -0.05) is 6.07 Å². The lowest BCUT2D eigenvalue weighted by atomic mass is 10.4. The minimum absolute atomic E-state index is 0.830. The average molecular weight is 205 g/mol. The third kappa shape index (κ3) is 1.80. The molecule has 80 valence electrons. The van der Waals surface area contributed by atoms with Crippen LogP contribution in [0.1, 0.15) is 5.82 Å². The number of nitrogens with one attached hydrogen (secondary N) is 1. The summed E-state index contributed by atoms with van der Waals surface area (Å²) < 4.78 is 7.35. The van der Waals surface area contributed by atoms with Gasteiger partial charge < -0.3 is 10.1 Å². The van der Waals surface area contributed by atoms with Gasteiger partial charge in [0.05, 0.1) is 18.8 Å². The van der Waals surface area contributed by atoms with E-state index in [1.165, 1.54) is 0 Å². The van der Waals surface area contributed by atoms with Gasteiger partial charge in [0.1, 0.15) is 5.82 Å². The van der Waals surface area contributed by atoms with Gasteiger partial charge in [0.2, 0.25) is 0 Å². The molecule has 2 aromatic heterocycles. The second-order valence-corrected chi connectivity index (χ2v) is 3.36. The maximum atomic E-state index is 5.31. The molecular weight excluding hydrogens is 190 g/mol. The number of pyridine rings is 1. The standard InChI is InChI=1S/C11H15N3O/c1-12-7-6-10-13-8-9-4-3-5-11(15-2)14(9)10/h3-5,8,12H,6-7H2,1-2H3. The SMILES string of the molecule is CNCCc1ncc2cccc(OC)n12. The molecule has 0 fully saturated rings. The van der Waals surface area contributed by atoms with Gasteiger partial charge >= 0.3 is 0 Å². The van der Waals surface area contributed by atoms with Crippen molar-refractivity contribution in [1.82, 2.24) is 14.7 Å². The predicted octanol–water partition coefficient (Wildman–Crippen LogP) is 1.10. The normalized spacial score (nSPS) is 10.8. The second-order valence-electron chi connectivity index (χ2n) is 3.36. The number of hydrogen-bond donors (Lipinski definition) is 1. The zero-order valence-corrected chi connectivity index (χ0v) is 9.03. The Morgan fingerprint density at radius 1 is 1.47 bits per heavy atom. The van der Waals surface area contributed by atoms with E-state index >= 15 is 0 Å². The lowest BCUT2D eigenvalue weighted by molar-refractivity contribution is 0.390. The maximum Gasteiger partial charge on any atom is 0.199 e. The van der Waals surface area contributed by atoms with E-state index in [-0.39, 0.29) is 0 Å². The first-order chi connectivity index (χ1) is 7.36. The number of methoxy groups -OCH3 is 1. The Morgan fingerprint density at radius 3 is 3.07 bits per heavy atom. The molecule has 2 heterocycles. The summed E-state index contributed by atoms with van der Waals surface area (Å²) in [6.07, 6.45) is 2.76. The molecule has 4 heteroatoms. The number of ether oxygens (including phenoxy) is 1. The van der Waals surface area contributed by atoms with Crippen LogP contribution in [0.15, 0.2) is 24.4 Å². The maximum absolute atomic E-state index is 5.31. The van der Waals surface area contributed by atoms with E-state index in [0.29, 0.717) is 0 Å². The quantitative estimate of drug-likeness (QED) is 0.812. The van der Waals surface area contributed by atoms with Gasteiger partial charge in [-0.25, -0.2) is 4.98 Å². The summed E-state index contributed by atoms with van der Waals surface area (Å²) in [5, 5.41) is 3.11. The molecule has 2 aromatic rings. The van der Waals surface area contributed by atoms with Crippen LogP contribution in [0.5, 0.6) is 5.88 Å². The Kier molecular flexibility index (Phi) is 2.87. The highest BCUT2D eigenvalue weighted by Crippen LogP contribution is 2.16. The van der Waals surface area contributed by atoms with Crippen LogP contribution in [0.4, 0.5) is 0 Å². The minimum Gasteiger partial charge on any atom is -0.482 e. The number of rotatable bonds is 4. The number of hydrogen-bond acceptors (Lipinski definition) is 3. The summed E-state index contributed by atoms with van der Waals surface area (Å²) >= 11 is 0. The lowest BCUT2D eigenvalue weighted by Gasteiger charge is -2.06. The Hall–Kier alpha value is -1.55. The van der Waals surface area contributed by atoms with Crippen LogP contribution in [-0.2, 0) is 6.42 Å². The smallest absolute Gasteiger partial charge is 0.199 e. The molecule has 0 radical (unpaired) electrons. The van der Waals surface area contributed by atoms with Crippen molar-refractivity contribution < 1.29 is 4.74 Å².